The van der Waals surface area contributed by atoms with Crippen molar-refractivity contribution < 1.29 is 23.1 Å². The summed E-state index contributed by atoms with van der Waals surface area (Å²) in [5, 5.41) is 13.7. The van der Waals surface area contributed by atoms with Crippen LogP contribution in [0, 0.1) is 6.92 Å². The number of fused-ring (bicyclic) bond motifs is 1. The molecule has 13 heteroatoms. The molecular weight excluding hydrogens is 451 g/mol. The van der Waals surface area contributed by atoms with Crippen LogP contribution < -0.4 is 11.1 Å². The molecule has 0 radical (unpaired) electrons. The first-order chi connectivity index (χ1) is 13.5. The largest absolute Gasteiger partial charge is 0.490 e. The van der Waals surface area contributed by atoms with E-state index in [9.17, 15) is 13.2 Å². The van der Waals surface area contributed by atoms with Crippen molar-refractivity contribution in [2.24, 2.45) is 5.73 Å². The number of alkyl halides is 3. The van der Waals surface area contributed by atoms with Crippen molar-refractivity contribution in [3.05, 3.63) is 32.3 Å². The lowest BCUT2D eigenvalue weighted by Gasteiger charge is -2.05. The highest BCUT2D eigenvalue weighted by Crippen LogP contribution is 2.35. The van der Waals surface area contributed by atoms with Crippen molar-refractivity contribution >= 4 is 56.3 Å². The van der Waals surface area contributed by atoms with Gasteiger partial charge < -0.3 is 16.2 Å². The molecule has 3 rings (SSSR count). The van der Waals surface area contributed by atoms with Crippen LogP contribution in [0.1, 0.15) is 22.4 Å². The van der Waals surface area contributed by atoms with E-state index in [1.54, 1.807) is 28.9 Å². The topological polar surface area (TPSA) is 114 Å². The molecule has 0 aliphatic rings. The number of anilines is 1. The summed E-state index contributed by atoms with van der Waals surface area (Å²) in [6.07, 6.45) is -2.46. The second kappa shape index (κ2) is 9.65. The zero-order chi connectivity index (χ0) is 21.8. The van der Waals surface area contributed by atoms with Gasteiger partial charge in [-0.3, -0.25) is 0 Å². The van der Waals surface area contributed by atoms with E-state index < -0.39 is 12.1 Å². The van der Waals surface area contributed by atoms with Crippen LogP contribution >= 0.6 is 34.3 Å². The summed E-state index contributed by atoms with van der Waals surface area (Å²) in [4.78, 5) is 23.1. The number of thiazole rings is 1. The molecule has 0 aliphatic carbocycles. The zero-order valence-electron chi connectivity index (χ0n) is 15.2. The SMILES string of the molecule is Cc1c(C[C@H](C)N)sc2c(NCc3nccs3)nc(Cl)nc12.O=C(O)C(F)(F)F. The van der Waals surface area contributed by atoms with E-state index in [0.29, 0.717) is 6.54 Å². The molecule has 3 heterocycles. The molecular formula is C16H17ClF3N5O2S2. The molecule has 0 saturated heterocycles. The highest BCUT2D eigenvalue weighted by atomic mass is 35.5. The maximum atomic E-state index is 10.6. The van der Waals surface area contributed by atoms with Gasteiger partial charge in [0.05, 0.1) is 16.8 Å². The lowest BCUT2D eigenvalue weighted by atomic mass is 10.1. The van der Waals surface area contributed by atoms with E-state index in [4.69, 9.17) is 27.2 Å². The molecule has 0 aromatic carbocycles. The molecule has 0 aliphatic heterocycles. The van der Waals surface area contributed by atoms with Crippen LogP contribution in [0.4, 0.5) is 19.0 Å². The number of carbonyl (C=O) groups is 1. The minimum atomic E-state index is -5.08. The van der Waals surface area contributed by atoms with Crippen molar-refractivity contribution in [3.63, 3.8) is 0 Å². The maximum Gasteiger partial charge on any atom is 0.490 e. The summed E-state index contributed by atoms with van der Waals surface area (Å²) in [5.74, 6) is -2.00. The molecule has 3 aromatic rings. The van der Waals surface area contributed by atoms with Gasteiger partial charge in [0.2, 0.25) is 5.28 Å². The van der Waals surface area contributed by atoms with E-state index in [-0.39, 0.29) is 11.3 Å². The molecule has 158 valence electrons. The van der Waals surface area contributed by atoms with Crippen molar-refractivity contribution in [3.8, 4) is 0 Å². The Kier molecular flexibility index (Phi) is 7.74. The fraction of sp³-hybridized carbons (Fsp3) is 0.375. The highest BCUT2D eigenvalue weighted by Gasteiger charge is 2.38. The first-order valence-corrected chi connectivity index (χ1v) is 10.2. The van der Waals surface area contributed by atoms with Gasteiger partial charge in [-0.25, -0.2) is 14.8 Å². The number of carboxylic acid groups (broad SMARTS) is 1. The second-order valence-corrected chi connectivity index (χ2v) is 8.36. The van der Waals surface area contributed by atoms with Gasteiger partial charge in [-0.2, -0.15) is 18.2 Å². The summed E-state index contributed by atoms with van der Waals surface area (Å²) in [5.41, 5.74) is 7.97. The minimum absolute atomic E-state index is 0.113. The van der Waals surface area contributed by atoms with Crippen LogP contribution in [0.5, 0.6) is 0 Å². The van der Waals surface area contributed by atoms with E-state index in [1.807, 2.05) is 12.3 Å². The van der Waals surface area contributed by atoms with Crippen molar-refractivity contribution in [2.75, 3.05) is 5.32 Å². The molecule has 0 fully saturated rings. The van der Waals surface area contributed by atoms with Crippen LogP contribution in [0.25, 0.3) is 10.2 Å². The predicted molar refractivity (Wildman–Crippen MR) is 108 cm³/mol. The number of hydrogen-bond acceptors (Lipinski definition) is 8. The molecule has 0 bridgehead atoms. The number of aliphatic carboxylic acids is 1. The lowest BCUT2D eigenvalue weighted by Crippen LogP contribution is -2.21. The Balaban J connectivity index is 0.000000370. The third-order valence-corrected chi connectivity index (χ3v) is 5.74. The Hall–Kier alpha value is -2.02. The number of carboxylic acids is 1. The smallest absolute Gasteiger partial charge is 0.475 e. The first-order valence-electron chi connectivity index (χ1n) is 8.12. The minimum Gasteiger partial charge on any atom is -0.475 e. The van der Waals surface area contributed by atoms with E-state index in [0.717, 1.165) is 33.0 Å². The van der Waals surface area contributed by atoms with Gasteiger partial charge >= 0.3 is 12.1 Å². The lowest BCUT2D eigenvalue weighted by molar-refractivity contribution is -0.192. The molecule has 3 aromatic heterocycles. The van der Waals surface area contributed by atoms with Gasteiger partial charge in [-0.15, -0.1) is 22.7 Å². The third-order valence-electron chi connectivity index (χ3n) is 3.48. The third kappa shape index (κ3) is 6.49. The number of hydrogen-bond donors (Lipinski definition) is 3. The normalized spacial score (nSPS) is 12.4. The second-order valence-electron chi connectivity index (χ2n) is 5.93. The van der Waals surface area contributed by atoms with Gasteiger partial charge in [0, 0.05) is 22.5 Å². The monoisotopic (exact) mass is 467 g/mol. The first kappa shape index (κ1) is 23.3. The number of halogens is 4. The molecule has 7 nitrogen and oxygen atoms in total. The quantitative estimate of drug-likeness (QED) is 0.481. The van der Waals surface area contributed by atoms with Gasteiger partial charge in [0.15, 0.2) is 0 Å². The van der Waals surface area contributed by atoms with Gasteiger partial charge in [-0.1, -0.05) is 0 Å². The Morgan fingerprint density at radius 2 is 2.07 bits per heavy atom. The summed E-state index contributed by atoms with van der Waals surface area (Å²) in [7, 11) is 0. The maximum absolute atomic E-state index is 10.6. The number of aromatic nitrogens is 3. The number of aryl methyl sites for hydroxylation is 1. The Labute approximate surface area is 176 Å². The van der Waals surface area contributed by atoms with E-state index in [1.165, 1.54) is 4.88 Å². The predicted octanol–water partition coefficient (Wildman–Crippen LogP) is 4.24. The Morgan fingerprint density at radius 3 is 2.59 bits per heavy atom. The van der Waals surface area contributed by atoms with E-state index in [2.05, 4.69) is 27.2 Å². The number of nitrogens with one attached hydrogen (secondary N) is 1. The summed E-state index contributed by atoms with van der Waals surface area (Å²) >= 11 is 9.36. The van der Waals surface area contributed by atoms with E-state index >= 15 is 0 Å². The fourth-order valence-corrected chi connectivity index (χ4v) is 4.29. The van der Waals surface area contributed by atoms with Crippen LogP contribution in [-0.4, -0.2) is 38.2 Å². The molecule has 1 atom stereocenters. The van der Waals surface area contributed by atoms with Crippen molar-refractivity contribution in [1.82, 2.24) is 15.0 Å². The highest BCUT2D eigenvalue weighted by molar-refractivity contribution is 7.19. The van der Waals surface area contributed by atoms with Crippen LogP contribution in [-0.2, 0) is 17.8 Å². The average molecular weight is 468 g/mol. The molecule has 0 amide bonds. The number of thiophene rings is 1. The molecule has 4 N–H and O–H groups in total. The van der Waals surface area contributed by atoms with Gasteiger partial charge in [0.25, 0.3) is 0 Å². The Bertz CT molecular complexity index is 977. The van der Waals surface area contributed by atoms with Crippen molar-refractivity contribution in [2.45, 2.75) is 39.0 Å². The number of nitrogens with zero attached hydrogens (tertiary/aromatic N) is 3. The standard InChI is InChI=1S/C14H16ClN5S2.C2HF3O2/c1-7(16)5-9-8(2)11-12(22-9)13(20-14(15)19-11)18-6-10-17-3-4-21-10;3-2(4,5)1(6)7/h3-4,7H,5-6,16H2,1-2H3,(H,18,19,20);(H,6,7)/t7-;/m0./s1. The van der Waals surface area contributed by atoms with Gasteiger partial charge in [0.1, 0.15) is 10.8 Å². The van der Waals surface area contributed by atoms with Crippen LogP contribution in [0.2, 0.25) is 5.28 Å². The number of nitrogens with two attached hydrogens (primary N) is 1. The molecule has 0 spiro atoms. The molecule has 0 saturated carbocycles. The summed E-state index contributed by atoms with van der Waals surface area (Å²) in [6, 6.07) is 0.113. The summed E-state index contributed by atoms with van der Waals surface area (Å²) < 4.78 is 32.8. The van der Waals surface area contributed by atoms with Crippen LogP contribution in [0.15, 0.2) is 11.6 Å². The average Bonchev–Trinajstić information content (AvgIpc) is 3.22. The van der Waals surface area contributed by atoms with Crippen LogP contribution in [0.3, 0.4) is 0 Å². The van der Waals surface area contributed by atoms with Crippen molar-refractivity contribution in [1.29, 1.82) is 0 Å². The van der Waals surface area contributed by atoms with Gasteiger partial charge in [-0.05, 0) is 37.4 Å². The summed E-state index contributed by atoms with van der Waals surface area (Å²) in [6.45, 7) is 4.69. The molecule has 29 heavy (non-hydrogen) atoms. The molecule has 0 unspecified atom stereocenters. The number of rotatable bonds is 5. The zero-order valence-corrected chi connectivity index (χ0v) is 17.6. The fourth-order valence-electron chi connectivity index (χ4n) is 2.21. The Morgan fingerprint density at radius 1 is 1.41 bits per heavy atom.